The van der Waals surface area contributed by atoms with Crippen molar-refractivity contribution < 1.29 is 18.3 Å². The third-order valence-corrected chi connectivity index (χ3v) is 3.69. The van der Waals surface area contributed by atoms with Crippen molar-refractivity contribution in [2.24, 2.45) is 0 Å². The predicted molar refractivity (Wildman–Crippen MR) is 74.9 cm³/mol. The molecule has 0 fully saturated rings. The second-order valence-corrected chi connectivity index (χ2v) is 4.98. The molecular weight excluding hydrogens is 423 g/mol. The lowest BCUT2D eigenvalue weighted by atomic mass is 10.1. The Labute approximate surface area is 126 Å². The summed E-state index contributed by atoms with van der Waals surface area (Å²) < 4.78 is 30.7. The molecular formula is C11H11BrF2INO2. The number of pyridine rings is 1. The quantitative estimate of drug-likeness (QED) is 0.308. The standard InChI is InChI=1S/C11H11BrF2INO2/c1-2-18-8(17)4-6-3-7(5-12)9(10(13)14)16-11(6)15/h3,10H,2,4-5H2,1H3. The van der Waals surface area contributed by atoms with Crippen LogP contribution in [0.3, 0.4) is 0 Å². The van der Waals surface area contributed by atoms with Crippen molar-refractivity contribution in [1.82, 2.24) is 4.98 Å². The molecule has 0 aliphatic rings. The van der Waals surface area contributed by atoms with Crippen LogP contribution in [0.2, 0.25) is 0 Å². The molecule has 0 bridgehead atoms. The summed E-state index contributed by atoms with van der Waals surface area (Å²) >= 11 is 4.99. The van der Waals surface area contributed by atoms with Crippen molar-refractivity contribution in [3.8, 4) is 0 Å². The lowest BCUT2D eigenvalue weighted by molar-refractivity contribution is -0.142. The largest absolute Gasteiger partial charge is 0.466 e. The smallest absolute Gasteiger partial charge is 0.310 e. The molecule has 0 saturated carbocycles. The molecule has 0 saturated heterocycles. The summed E-state index contributed by atoms with van der Waals surface area (Å²) in [4.78, 5) is 15.2. The molecule has 0 radical (unpaired) electrons. The van der Waals surface area contributed by atoms with E-state index in [9.17, 15) is 13.6 Å². The number of nitrogens with zero attached hydrogens (tertiary/aromatic N) is 1. The maximum Gasteiger partial charge on any atom is 0.310 e. The highest BCUT2D eigenvalue weighted by atomic mass is 127. The Hall–Kier alpha value is -0.310. The lowest BCUT2D eigenvalue weighted by Gasteiger charge is -2.10. The fraction of sp³-hybridized carbons (Fsp3) is 0.455. The highest BCUT2D eigenvalue weighted by molar-refractivity contribution is 14.1. The zero-order valence-corrected chi connectivity index (χ0v) is 13.3. The second kappa shape index (κ2) is 7.32. The molecule has 0 amide bonds. The minimum Gasteiger partial charge on any atom is -0.466 e. The van der Waals surface area contributed by atoms with Crippen LogP contribution in [0.4, 0.5) is 8.78 Å². The highest BCUT2D eigenvalue weighted by Crippen LogP contribution is 2.26. The van der Waals surface area contributed by atoms with E-state index >= 15 is 0 Å². The molecule has 7 heteroatoms. The zero-order chi connectivity index (χ0) is 13.7. The Morgan fingerprint density at radius 3 is 2.72 bits per heavy atom. The number of esters is 1. The number of alkyl halides is 3. The summed E-state index contributed by atoms with van der Waals surface area (Å²) in [5.74, 6) is -0.387. The molecule has 0 unspecified atom stereocenters. The normalized spacial score (nSPS) is 10.8. The molecule has 1 aromatic heterocycles. The second-order valence-electron chi connectivity index (χ2n) is 3.40. The molecule has 0 aliphatic carbocycles. The van der Waals surface area contributed by atoms with E-state index in [1.807, 2.05) is 22.6 Å². The van der Waals surface area contributed by atoms with Gasteiger partial charge >= 0.3 is 5.97 Å². The summed E-state index contributed by atoms with van der Waals surface area (Å²) in [6.45, 7) is 2.01. The van der Waals surface area contributed by atoms with E-state index in [4.69, 9.17) is 4.74 Å². The van der Waals surface area contributed by atoms with Crippen LogP contribution in [0.1, 0.15) is 30.2 Å². The zero-order valence-electron chi connectivity index (χ0n) is 9.55. The van der Waals surface area contributed by atoms with Gasteiger partial charge in [-0.15, -0.1) is 0 Å². The predicted octanol–water partition coefficient (Wildman–Crippen LogP) is 3.62. The van der Waals surface area contributed by atoms with Crippen LogP contribution >= 0.6 is 38.5 Å². The molecule has 1 aromatic rings. The van der Waals surface area contributed by atoms with Crippen molar-refractivity contribution in [3.63, 3.8) is 0 Å². The third kappa shape index (κ3) is 4.11. The van der Waals surface area contributed by atoms with E-state index in [1.54, 1.807) is 13.0 Å². The maximum absolute atomic E-state index is 12.7. The lowest BCUT2D eigenvalue weighted by Crippen LogP contribution is -2.11. The van der Waals surface area contributed by atoms with Gasteiger partial charge in [-0.1, -0.05) is 15.9 Å². The first-order valence-corrected chi connectivity index (χ1v) is 7.37. The summed E-state index contributed by atoms with van der Waals surface area (Å²) in [6.07, 6.45) is -2.58. The Morgan fingerprint density at radius 2 is 2.22 bits per heavy atom. The fourth-order valence-corrected chi connectivity index (χ4v) is 2.44. The van der Waals surface area contributed by atoms with Gasteiger partial charge in [0.25, 0.3) is 6.43 Å². The Balaban J connectivity index is 3.04. The first-order chi connectivity index (χ1) is 8.49. The number of hydrogen-bond acceptors (Lipinski definition) is 3. The number of carbonyl (C=O) groups is 1. The van der Waals surface area contributed by atoms with Gasteiger partial charge < -0.3 is 4.74 Å². The van der Waals surface area contributed by atoms with Crippen LogP contribution in [0.15, 0.2) is 6.07 Å². The number of rotatable bonds is 5. The van der Waals surface area contributed by atoms with Crippen molar-refractivity contribution in [2.75, 3.05) is 6.61 Å². The van der Waals surface area contributed by atoms with Crippen LogP contribution in [-0.4, -0.2) is 17.6 Å². The fourth-order valence-electron chi connectivity index (χ4n) is 1.38. The van der Waals surface area contributed by atoms with Gasteiger partial charge in [-0.05, 0) is 46.7 Å². The minimum atomic E-state index is -2.62. The SMILES string of the molecule is CCOC(=O)Cc1cc(CBr)c(C(F)F)nc1I. The average molecular weight is 434 g/mol. The van der Waals surface area contributed by atoms with E-state index in [2.05, 4.69) is 20.9 Å². The monoisotopic (exact) mass is 433 g/mol. The molecule has 1 rings (SSSR count). The number of aromatic nitrogens is 1. The van der Waals surface area contributed by atoms with Crippen LogP contribution in [0.25, 0.3) is 0 Å². The number of hydrogen-bond donors (Lipinski definition) is 0. The van der Waals surface area contributed by atoms with Gasteiger partial charge in [-0.25, -0.2) is 13.8 Å². The van der Waals surface area contributed by atoms with Crippen LogP contribution in [0, 0.1) is 3.70 Å². The number of ether oxygens (including phenoxy) is 1. The van der Waals surface area contributed by atoms with Crippen LogP contribution in [-0.2, 0) is 21.3 Å². The molecule has 0 aliphatic heterocycles. The Kier molecular flexibility index (Phi) is 6.40. The minimum absolute atomic E-state index is 0.0443. The van der Waals surface area contributed by atoms with Crippen molar-refractivity contribution in [1.29, 1.82) is 0 Å². The summed E-state index contributed by atoms with van der Waals surface area (Å²) in [5, 5.41) is 0.270. The van der Waals surface area contributed by atoms with Crippen molar-refractivity contribution in [3.05, 3.63) is 26.6 Å². The van der Waals surface area contributed by atoms with Gasteiger partial charge in [-0.3, -0.25) is 4.79 Å². The number of halogens is 4. The summed E-state index contributed by atoms with van der Waals surface area (Å²) in [6, 6.07) is 1.57. The van der Waals surface area contributed by atoms with Gasteiger partial charge in [0.1, 0.15) is 9.39 Å². The molecule has 0 N–H and O–H groups in total. The Morgan fingerprint density at radius 1 is 1.56 bits per heavy atom. The Bertz CT molecular complexity index is 443. The van der Waals surface area contributed by atoms with Gasteiger partial charge in [0.2, 0.25) is 0 Å². The first kappa shape index (κ1) is 15.7. The van der Waals surface area contributed by atoms with Crippen molar-refractivity contribution >= 4 is 44.5 Å². The topological polar surface area (TPSA) is 39.2 Å². The molecule has 18 heavy (non-hydrogen) atoms. The third-order valence-electron chi connectivity index (χ3n) is 2.15. The average Bonchev–Trinajstić information content (AvgIpc) is 2.31. The van der Waals surface area contributed by atoms with Crippen molar-refractivity contribution in [2.45, 2.75) is 25.1 Å². The van der Waals surface area contributed by atoms with Gasteiger partial charge in [0.05, 0.1) is 13.0 Å². The van der Waals surface area contributed by atoms with E-state index in [-0.39, 0.29) is 23.4 Å². The molecule has 100 valence electrons. The summed E-state index contributed by atoms with van der Waals surface area (Å²) in [5.41, 5.74) is 0.751. The van der Waals surface area contributed by atoms with Crippen LogP contribution in [0.5, 0.6) is 0 Å². The van der Waals surface area contributed by atoms with E-state index in [0.29, 0.717) is 21.4 Å². The van der Waals surface area contributed by atoms with Crippen LogP contribution < -0.4 is 0 Å². The molecule has 0 aromatic carbocycles. The van der Waals surface area contributed by atoms with Gasteiger partial charge in [-0.2, -0.15) is 0 Å². The first-order valence-electron chi connectivity index (χ1n) is 5.17. The number of carbonyl (C=O) groups excluding carboxylic acids is 1. The molecule has 0 spiro atoms. The van der Waals surface area contributed by atoms with E-state index in [1.165, 1.54) is 0 Å². The highest BCUT2D eigenvalue weighted by Gasteiger charge is 2.18. The molecule has 0 atom stereocenters. The molecule has 3 nitrogen and oxygen atoms in total. The van der Waals surface area contributed by atoms with E-state index in [0.717, 1.165) is 0 Å². The van der Waals surface area contributed by atoms with Gasteiger partial charge in [0, 0.05) is 5.33 Å². The maximum atomic E-state index is 12.7. The summed E-state index contributed by atoms with van der Waals surface area (Å²) in [7, 11) is 0. The van der Waals surface area contributed by atoms with E-state index < -0.39 is 6.43 Å². The molecule has 1 heterocycles. The van der Waals surface area contributed by atoms with Gasteiger partial charge in [0.15, 0.2) is 0 Å².